The van der Waals surface area contributed by atoms with Gasteiger partial charge in [0.2, 0.25) is 0 Å². The van der Waals surface area contributed by atoms with Gasteiger partial charge in [-0.1, -0.05) is 28.1 Å². The summed E-state index contributed by atoms with van der Waals surface area (Å²) in [7, 11) is 0. The minimum Gasteiger partial charge on any atom is -0.506 e. The summed E-state index contributed by atoms with van der Waals surface area (Å²) < 4.78 is 2.12. The van der Waals surface area contributed by atoms with Crippen molar-refractivity contribution < 1.29 is 5.11 Å². The third kappa shape index (κ3) is 3.51. The van der Waals surface area contributed by atoms with Gasteiger partial charge in [-0.15, -0.1) is 0 Å². The maximum Gasteiger partial charge on any atom is 0.143 e. The maximum absolute atomic E-state index is 9.68. The van der Waals surface area contributed by atoms with Gasteiger partial charge in [-0.3, -0.25) is 0 Å². The minimum atomic E-state index is 0.143. The van der Waals surface area contributed by atoms with Crippen molar-refractivity contribution in [2.24, 2.45) is 0 Å². The second-order valence-electron chi connectivity index (χ2n) is 4.01. The Morgan fingerprint density at radius 2 is 1.60 bits per heavy atom. The van der Waals surface area contributed by atoms with Crippen LogP contribution >= 0.6 is 47.8 Å². The van der Waals surface area contributed by atoms with E-state index < -0.39 is 0 Å². The van der Waals surface area contributed by atoms with Crippen LogP contribution in [-0.2, 0) is 0 Å². The molecule has 20 heavy (non-hydrogen) atoms. The van der Waals surface area contributed by atoms with E-state index in [4.69, 9.17) is 0 Å². The van der Waals surface area contributed by atoms with Gasteiger partial charge >= 0.3 is 0 Å². The van der Waals surface area contributed by atoms with E-state index in [2.05, 4.69) is 53.9 Å². The van der Waals surface area contributed by atoms with E-state index in [1.165, 1.54) is 0 Å². The fourth-order valence-corrected chi connectivity index (χ4v) is 3.13. The maximum atomic E-state index is 9.68. The van der Waals surface area contributed by atoms with Gasteiger partial charge in [0.05, 0.1) is 20.6 Å². The first kappa shape index (κ1) is 15.3. The smallest absolute Gasteiger partial charge is 0.143 e. The van der Waals surface area contributed by atoms with Crippen LogP contribution in [0.3, 0.4) is 0 Å². The number of halogens is 3. The third-order valence-corrected chi connectivity index (χ3v) is 4.36. The van der Waals surface area contributed by atoms with Gasteiger partial charge < -0.3 is 5.11 Å². The molecule has 0 fully saturated rings. The highest BCUT2D eigenvalue weighted by Gasteiger charge is 2.06. The summed E-state index contributed by atoms with van der Waals surface area (Å²) in [5.41, 5.74) is 2.22. The lowest BCUT2D eigenvalue weighted by atomic mass is 10.0. The number of nitrogens with zero attached hydrogens (tertiary/aromatic N) is 1. The lowest BCUT2D eigenvalue weighted by Crippen LogP contribution is -1.83. The zero-order valence-electron chi connectivity index (χ0n) is 10.1. The Hall–Kier alpha value is -1.09. The molecule has 0 aliphatic heterocycles. The van der Waals surface area contributed by atoms with Crippen LogP contribution in [0.15, 0.2) is 49.8 Å². The van der Waals surface area contributed by atoms with E-state index in [9.17, 15) is 10.4 Å². The molecule has 1 N–H and O–H groups in total. The number of hydrogen-bond acceptors (Lipinski definition) is 2. The van der Waals surface area contributed by atoms with Crippen LogP contribution in [0, 0.1) is 11.3 Å². The number of phenolic OH excluding ortho intramolecular Hbond substituents is 1. The van der Waals surface area contributed by atoms with E-state index in [0.717, 1.165) is 15.6 Å². The summed E-state index contributed by atoms with van der Waals surface area (Å²) in [6.45, 7) is 0. The fraction of sp³-hybridized carbons (Fsp3) is 0. The van der Waals surface area contributed by atoms with Gasteiger partial charge in [-0.05, 0) is 73.3 Å². The number of nitriles is 1. The molecule has 2 aromatic rings. The molecule has 0 aliphatic rings. The molecule has 5 heteroatoms. The molecule has 0 saturated heterocycles. The number of rotatable bonds is 2. The van der Waals surface area contributed by atoms with Gasteiger partial charge in [0, 0.05) is 4.47 Å². The van der Waals surface area contributed by atoms with Gasteiger partial charge in [0.25, 0.3) is 0 Å². The van der Waals surface area contributed by atoms with Crippen molar-refractivity contribution in [2.45, 2.75) is 0 Å². The molecule has 100 valence electrons. The second kappa shape index (κ2) is 6.57. The first-order valence-electron chi connectivity index (χ1n) is 5.57. The molecular formula is C15H8Br3NO. The van der Waals surface area contributed by atoms with E-state index in [1.54, 1.807) is 18.2 Å². The first-order chi connectivity index (χ1) is 9.51. The van der Waals surface area contributed by atoms with Gasteiger partial charge in [-0.25, -0.2) is 0 Å². The summed E-state index contributed by atoms with van der Waals surface area (Å²) in [4.78, 5) is 0. The Bertz CT molecular complexity index is 692. The Kier molecular flexibility index (Phi) is 5.03. The van der Waals surface area contributed by atoms with Crippen molar-refractivity contribution in [1.29, 1.82) is 5.26 Å². The van der Waals surface area contributed by atoms with Crippen LogP contribution < -0.4 is 0 Å². The van der Waals surface area contributed by atoms with E-state index >= 15 is 0 Å². The van der Waals surface area contributed by atoms with E-state index in [0.29, 0.717) is 14.5 Å². The van der Waals surface area contributed by atoms with Crippen molar-refractivity contribution in [1.82, 2.24) is 0 Å². The molecule has 0 saturated carbocycles. The molecule has 2 nitrogen and oxygen atoms in total. The Labute approximate surface area is 142 Å². The molecule has 0 bridgehead atoms. The largest absolute Gasteiger partial charge is 0.506 e. The average Bonchev–Trinajstić information content (AvgIpc) is 2.43. The predicted molar refractivity (Wildman–Crippen MR) is 91.1 cm³/mol. The van der Waals surface area contributed by atoms with Crippen LogP contribution in [-0.4, -0.2) is 5.11 Å². The molecule has 2 rings (SSSR count). The standard InChI is InChI=1S/C15H8Br3NO/c16-12-3-1-10(2-4-12)11(8-19)5-9-6-13(17)15(20)14(18)7-9/h1-7,20H/b11-5-. The minimum absolute atomic E-state index is 0.143. The summed E-state index contributed by atoms with van der Waals surface area (Å²) in [6.07, 6.45) is 1.78. The Morgan fingerprint density at radius 1 is 1.05 bits per heavy atom. The number of aromatic hydroxyl groups is 1. The quantitative estimate of drug-likeness (QED) is 0.461. The highest BCUT2D eigenvalue weighted by molar-refractivity contribution is 9.11. The number of benzene rings is 2. The molecule has 0 atom stereocenters. The van der Waals surface area contributed by atoms with Crippen molar-refractivity contribution in [3.8, 4) is 11.8 Å². The lowest BCUT2D eigenvalue weighted by molar-refractivity contribution is 0.468. The van der Waals surface area contributed by atoms with Crippen molar-refractivity contribution in [3.63, 3.8) is 0 Å². The summed E-state index contributed by atoms with van der Waals surface area (Å²) in [6, 6.07) is 13.3. The topological polar surface area (TPSA) is 44.0 Å². The molecule has 0 heterocycles. The number of phenols is 1. The Balaban J connectivity index is 2.47. The molecule has 0 amide bonds. The molecule has 0 unspecified atom stereocenters. The number of hydrogen-bond donors (Lipinski definition) is 1. The SMILES string of the molecule is N#C/C(=C/c1cc(Br)c(O)c(Br)c1)c1ccc(Br)cc1. The van der Waals surface area contributed by atoms with Crippen molar-refractivity contribution in [2.75, 3.05) is 0 Å². The van der Waals surface area contributed by atoms with Crippen molar-refractivity contribution in [3.05, 3.63) is 60.9 Å². The van der Waals surface area contributed by atoms with E-state index in [1.807, 2.05) is 24.3 Å². The molecule has 2 aromatic carbocycles. The van der Waals surface area contributed by atoms with Gasteiger partial charge in [0.1, 0.15) is 5.75 Å². The fourth-order valence-electron chi connectivity index (χ4n) is 1.64. The van der Waals surface area contributed by atoms with Crippen LogP contribution in [0.4, 0.5) is 0 Å². The monoisotopic (exact) mass is 455 g/mol. The zero-order chi connectivity index (χ0) is 14.7. The summed E-state index contributed by atoms with van der Waals surface area (Å²) >= 11 is 9.92. The van der Waals surface area contributed by atoms with Gasteiger partial charge in [-0.2, -0.15) is 5.26 Å². The van der Waals surface area contributed by atoms with Gasteiger partial charge in [0.15, 0.2) is 0 Å². The zero-order valence-corrected chi connectivity index (χ0v) is 14.8. The van der Waals surface area contributed by atoms with E-state index in [-0.39, 0.29) is 5.75 Å². The second-order valence-corrected chi connectivity index (χ2v) is 6.63. The normalized spacial score (nSPS) is 11.2. The van der Waals surface area contributed by atoms with Crippen LogP contribution in [0.25, 0.3) is 11.6 Å². The number of allylic oxidation sites excluding steroid dienone is 1. The predicted octanol–water partition coefficient (Wildman–Crippen LogP) is 5.74. The summed E-state index contributed by atoms with van der Waals surface area (Å²) in [5.74, 6) is 0.143. The molecule has 0 aromatic heterocycles. The Morgan fingerprint density at radius 3 is 2.10 bits per heavy atom. The first-order valence-corrected chi connectivity index (χ1v) is 7.95. The molecule has 0 radical (unpaired) electrons. The highest BCUT2D eigenvalue weighted by atomic mass is 79.9. The van der Waals surface area contributed by atoms with Crippen LogP contribution in [0.2, 0.25) is 0 Å². The van der Waals surface area contributed by atoms with Crippen molar-refractivity contribution >= 4 is 59.4 Å². The molecule has 0 aliphatic carbocycles. The average molecular weight is 458 g/mol. The van der Waals surface area contributed by atoms with Crippen LogP contribution in [0.5, 0.6) is 5.75 Å². The summed E-state index contributed by atoms with van der Waals surface area (Å²) in [5, 5.41) is 19.0. The lowest BCUT2D eigenvalue weighted by Gasteiger charge is -2.04. The third-order valence-electron chi connectivity index (χ3n) is 2.63. The van der Waals surface area contributed by atoms with Crippen LogP contribution in [0.1, 0.15) is 11.1 Å². The molecule has 0 spiro atoms. The highest BCUT2D eigenvalue weighted by Crippen LogP contribution is 2.34. The molecular weight excluding hydrogens is 450 g/mol.